The number of para-hydroxylation sites is 2. The average Bonchev–Trinajstić information content (AvgIpc) is 3.26. The molecule has 1 aliphatic heterocycles. The van der Waals surface area contributed by atoms with Crippen LogP contribution in [0.5, 0.6) is 5.75 Å². The summed E-state index contributed by atoms with van der Waals surface area (Å²) in [6, 6.07) is 8.00. The predicted molar refractivity (Wildman–Crippen MR) is 77.9 cm³/mol. The van der Waals surface area contributed by atoms with Crippen molar-refractivity contribution in [3.05, 3.63) is 24.3 Å². The number of nitrogens with zero attached hydrogens (tertiary/aromatic N) is 2. The lowest BCUT2D eigenvalue weighted by Crippen LogP contribution is -2.54. The highest BCUT2D eigenvalue weighted by molar-refractivity contribution is 5.89. The Bertz CT molecular complexity index is 506. The van der Waals surface area contributed by atoms with Crippen molar-refractivity contribution < 1.29 is 9.53 Å². The molecule has 5 heteroatoms. The first-order valence-corrected chi connectivity index (χ1v) is 7.10. The van der Waals surface area contributed by atoms with Gasteiger partial charge in [0.05, 0.1) is 18.3 Å². The summed E-state index contributed by atoms with van der Waals surface area (Å²) in [6.45, 7) is 3.11. The number of carbonyl (C=O) groups is 1. The van der Waals surface area contributed by atoms with Crippen molar-refractivity contribution >= 4 is 11.6 Å². The maximum absolute atomic E-state index is 12.2. The Balaban J connectivity index is 1.65. The number of rotatable bonds is 3. The van der Waals surface area contributed by atoms with Crippen LogP contribution in [0.1, 0.15) is 12.8 Å². The van der Waals surface area contributed by atoms with Crippen LogP contribution in [-0.4, -0.2) is 49.6 Å². The molecule has 0 bridgehead atoms. The molecule has 0 atom stereocenters. The van der Waals surface area contributed by atoms with E-state index in [1.807, 2.05) is 23.1 Å². The van der Waals surface area contributed by atoms with Gasteiger partial charge in [-0.15, -0.1) is 0 Å². The fourth-order valence-electron chi connectivity index (χ4n) is 2.70. The molecule has 1 saturated heterocycles. The zero-order valence-electron chi connectivity index (χ0n) is 11.8. The lowest BCUT2D eigenvalue weighted by Gasteiger charge is -2.37. The Kier molecular flexibility index (Phi) is 3.30. The van der Waals surface area contributed by atoms with Crippen LogP contribution in [0.25, 0.3) is 0 Å². The minimum Gasteiger partial charge on any atom is -0.495 e. The van der Waals surface area contributed by atoms with E-state index in [1.165, 1.54) is 0 Å². The largest absolute Gasteiger partial charge is 0.495 e. The van der Waals surface area contributed by atoms with E-state index in [-0.39, 0.29) is 5.91 Å². The van der Waals surface area contributed by atoms with E-state index in [1.54, 1.807) is 7.11 Å². The van der Waals surface area contributed by atoms with Gasteiger partial charge in [0, 0.05) is 26.2 Å². The third kappa shape index (κ3) is 2.33. The summed E-state index contributed by atoms with van der Waals surface area (Å²) in [6.07, 6.45) is 1.66. The van der Waals surface area contributed by atoms with Crippen molar-refractivity contribution in [1.29, 1.82) is 0 Å². The van der Waals surface area contributed by atoms with Crippen LogP contribution in [0.3, 0.4) is 0 Å². The van der Waals surface area contributed by atoms with Crippen molar-refractivity contribution in [1.82, 2.24) is 4.90 Å². The molecule has 1 saturated carbocycles. The zero-order chi connectivity index (χ0) is 14.2. The molecule has 0 aromatic heterocycles. The van der Waals surface area contributed by atoms with Crippen molar-refractivity contribution in [2.24, 2.45) is 5.73 Å². The van der Waals surface area contributed by atoms with Gasteiger partial charge in [-0.2, -0.15) is 0 Å². The Hall–Kier alpha value is -1.75. The van der Waals surface area contributed by atoms with Gasteiger partial charge < -0.3 is 20.3 Å². The minimum atomic E-state index is -0.549. The molecule has 2 fully saturated rings. The quantitative estimate of drug-likeness (QED) is 0.888. The number of ether oxygens (including phenoxy) is 1. The third-order valence-corrected chi connectivity index (χ3v) is 4.21. The van der Waals surface area contributed by atoms with E-state index in [4.69, 9.17) is 10.5 Å². The first kappa shape index (κ1) is 13.2. The summed E-state index contributed by atoms with van der Waals surface area (Å²) in [5.41, 5.74) is 6.53. The molecule has 1 heterocycles. The maximum atomic E-state index is 12.2. The summed E-state index contributed by atoms with van der Waals surface area (Å²) < 4.78 is 5.39. The molecular weight excluding hydrogens is 254 g/mol. The van der Waals surface area contributed by atoms with Gasteiger partial charge in [0.25, 0.3) is 0 Å². The van der Waals surface area contributed by atoms with Gasteiger partial charge in [-0.3, -0.25) is 4.79 Å². The number of hydrogen-bond acceptors (Lipinski definition) is 4. The average molecular weight is 275 g/mol. The van der Waals surface area contributed by atoms with Crippen molar-refractivity contribution in [2.45, 2.75) is 18.4 Å². The molecule has 1 aromatic rings. The van der Waals surface area contributed by atoms with Gasteiger partial charge in [0.15, 0.2) is 0 Å². The van der Waals surface area contributed by atoms with Crippen molar-refractivity contribution in [2.75, 3.05) is 38.2 Å². The Labute approximate surface area is 119 Å². The van der Waals surface area contributed by atoms with E-state index < -0.39 is 5.54 Å². The maximum Gasteiger partial charge on any atom is 0.242 e. The Morgan fingerprint density at radius 3 is 2.45 bits per heavy atom. The molecule has 3 rings (SSSR count). The summed E-state index contributed by atoms with van der Waals surface area (Å²) in [5, 5.41) is 0. The number of anilines is 1. The molecular formula is C15H21N3O2. The molecule has 108 valence electrons. The first-order chi connectivity index (χ1) is 9.64. The molecule has 0 spiro atoms. The predicted octanol–water partition coefficient (Wildman–Crippen LogP) is 0.835. The normalized spacial score (nSPS) is 20.7. The Morgan fingerprint density at radius 1 is 1.20 bits per heavy atom. The highest BCUT2D eigenvalue weighted by Crippen LogP contribution is 2.35. The number of piperazine rings is 1. The molecule has 2 aliphatic rings. The van der Waals surface area contributed by atoms with Crippen LogP contribution in [0.2, 0.25) is 0 Å². The van der Waals surface area contributed by atoms with Gasteiger partial charge in [0.1, 0.15) is 5.75 Å². The summed E-state index contributed by atoms with van der Waals surface area (Å²) >= 11 is 0. The molecule has 1 aromatic carbocycles. The zero-order valence-corrected chi connectivity index (χ0v) is 11.8. The minimum absolute atomic E-state index is 0.122. The van der Waals surface area contributed by atoms with E-state index >= 15 is 0 Å². The number of methoxy groups -OCH3 is 1. The fraction of sp³-hybridized carbons (Fsp3) is 0.533. The molecule has 2 N–H and O–H groups in total. The summed E-state index contributed by atoms with van der Waals surface area (Å²) in [5.74, 6) is 1.00. The van der Waals surface area contributed by atoms with E-state index in [0.717, 1.165) is 50.5 Å². The smallest absolute Gasteiger partial charge is 0.242 e. The van der Waals surface area contributed by atoms with Gasteiger partial charge in [-0.05, 0) is 25.0 Å². The third-order valence-electron chi connectivity index (χ3n) is 4.21. The second-order valence-corrected chi connectivity index (χ2v) is 5.61. The van der Waals surface area contributed by atoms with Crippen molar-refractivity contribution in [3.63, 3.8) is 0 Å². The second-order valence-electron chi connectivity index (χ2n) is 5.61. The highest BCUT2D eigenvalue weighted by Gasteiger charge is 2.48. The van der Waals surface area contributed by atoms with Gasteiger partial charge in [-0.25, -0.2) is 0 Å². The lowest BCUT2D eigenvalue weighted by molar-refractivity contribution is -0.133. The van der Waals surface area contributed by atoms with Gasteiger partial charge in [0.2, 0.25) is 5.91 Å². The molecule has 1 amide bonds. The number of carbonyl (C=O) groups excluding carboxylic acids is 1. The number of hydrogen-bond donors (Lipinski definition) is 1. The molecule has 20 heavy (non-hydrogen) atoms. The van der Waals surface area contributed by atoms with E-state index in [0.29, 0.717) is 0 Å². The molecule has 0 radical (unpaired) electrons. The van der Waals surface area contributed by atoms with Crippen LogP contribution < -0.4 is 15.4 Å². The highest BCUT2D eigenvalue weighted by atomic mass is 16.5. The summed E-state index contributed by atoms with van der Waals surface area (Å²) in [4.78, 5) is 16.4. The first-order valence-electron chi connectivity index (χ1n) is 7.10. The molecule has 0 unspecified atom stereocenters. The second kappa shape index (κ2) is 4.98. The SMILES string of the molecule is COc1ccccc1N1CCN(C(=O)C2(N)CC2)CC1. The molecule has 5 nitrogen and oxygen atoms in total. The monoisotopic (exact) mass is 275 g/mol. The standard InChI is InChI=1S/C15H21N3O2/c1-20-13-5-3-2-4-12(13)17-8-10-18(11-9-17)14(19)15(16)6-7-15/h2-5H,6-11,16H2,1H3. The Morgan fingerprint density at radius 2 is 1.85 bits per heavy atom. The number of amides is 1. The fourth-order valence-corrected chi connectivity index (χ4v) is 2.70. The van der Waals surface area contributed by atoms with Gasteiger partial charge in [-0.1, -0.05) is 12.1 Å². The molecule has 1 aliphatic carbocycles. The number of nitrogens with two attached hydrogens (primary N) is 1. The van der Waals surface area contributed by atoms with Crippen LogP contribution >= 0.6 is 0 Å². The topological polar surface area (TPSA) is 58.8 Å². The lowest BCUT2D eigenvalue weighted by atomic mass is 10.2. The van der Waals surface area contributed by atoms with E-state index in [2.05, 4.69) is 11.0 Å². The summed E-state index contributed by atoms with van der Waals surface area (Å²) in [7, 11) is 1.68. The number of benzene rings is 1. The van der Waals surface area contributed by atoms with Crippen LogP contribution in [0.4, 0.5) is 5.69 Å². The van der Waals surface area contributed by atoms with Crippen LogP contribution in [0.15, 0.2) is 24.3 Å². The van der Waals surface area contributed by atoms with Crippen LogP contribution in [-0.2, 0) is 4.79 Å². The van der Waals surface area contributed by atoms with Crippen LogP contribution in [0, 0.1) is 0 Å². The van der Waals surface area contributed by atoms with Crippen molar-refractivity contribution in [3.8, 4) is 5.75 Å². The van der Waals surface area contributed by atoms with Gasteiger partial charge >= 0.3 is 0 Å². The van der Waals surface area contributed by atoms with E-state index in [9.17, 15) is 4.79 Å².